The number of furan rings is 1. The minimum atomic E-state index is 0.800. The van der Waals surface area contributed by atoms with Crippen molar-refractivity contribution in [2.24, 2.45) is 0 Å². The van der Waals surface area contributed by atoms with E-state index in [-0.39, 0.29) is 0 Å². The van der Waals surface area contributed by atoms with Gasteiger partial charge in [0.15, 0.2) is 11.3 Å². The number of methoxy groups -OCH3 is 1. The van der Waals surface area contributed by atoms with Crippen molar-refractivity contribution in [2.45, 2.75) is 13.8 Å². The Kier molecular flexibility index (Phi) is 1.76. The van der Waals surface area contributed by atoms with Crippen molar-refractivity contribution in [3.05, 3.63) is 29.5 Å². The highest BCUT2D eigenvalue weighted by atomic mass is 16.5. The fourth-order valence-electron chi connectivity index (χ4n) is 1.52. The van der Waals surface area contributed by atoms with Crippen molar-refractivity contribution < 1.29 is 9.15 Å². The van der Waals surface area contributed by atoms with E-state index >= 15 is 0 Å². The van der Waals surface area contributed by atoms with E-state index in [1.54, 1.807) is 7.11 Å². The first-order valence-electron chi connectivity index (χ1n) is 4.26. The Labute approximate surface area is 77.1 Å². The maximum absolute atomic E-state index is 5.55. The lowest BCUT2D eigenvalue weighted by molar-refractivity contribution is 0.408. The van der Waals surface area contributed by atoms with Crippen LogP contribution in [0.25, 0.3) is 11.0 Å². The third kappa shape index (κ3) is 1.18. The van der Waals surface area contributed by atoms with Gasteiger partial charge in [0.2, 0.25) is 0 Å². The molecular formula is C11H12O2. The number of rotatable bonds is 1. The molecule has 0 aliphatic heterocycles. The molecular weight excluding hydrogens is 164 g/mol. The Bertz CT molecular complexity index is 441. The van der Waals surface area contributed by atoms with Crippen LogP contribution in [0.2, 0.25) is 0 Å². The summed E-state index contributed by atoms with van der Waals surface area (Å²) in [6.45, 7) is 4.01. The smallest absolute Gasteiger partial charge is 0.176 e. The molecule has 68 valence electrons. The van der Waals surface area contributed by atoms with Crippen LogP contribution < -0.4 is 4.74 Å². The Morgan fingerprint density at radius 2 is 2.00 bits per heavy atom. The van der Waals surface area contributed by atoms with Gasteiger partial charge in [-0.05, 0) is 31.5 Å². The maximum Gasteiger partial charge on any atom is 0.176 e. The Balaban J connectivity index is 2.83. The second-order valence-electron chi connectivity index (χ2n) is 3.18. The number of ether oxygens (including phenoxy) is 1. The SMILES string of the molecule is COc1ccc(C)c2cc(C)oc12. The number of hydrogen-bond acceptors (Lipinski definition) is 2. The van der Waals surface area contributed by atoms with Crippen LogP contribution in [0.15, 0.2) is 22.6 Å². The Hall–Kier alpha value is -1.44. The summed E-state index contributed by atoms with van der Waals surface area (Å²) in [6, 6.07) is 6.00. The first-order valence-corrected chi connectivity index (χ1v) is 4.26. The van der Waals surface area contributed by atoms with Gasteiger partial charge < -0.3 is 9.15 Å². The molecule has 2 nitrogen and oxygen atoms in total. The second-order valence-corrected chi connectivity index (χ2v) is 3.18. The summed E-state index contributed by atoms with van der Waals surface area (Å²) in [7, 11) is 1.65. The van der Waals surface area contributed by atoms with Gasteiger partial charge in [0.1, 0.15) is 5.76 Å². The van der Waals surface area contributed by atoms with Gasteiger partial charge in [-0.15, -0.1) is 0 Å². The first-order chi connectivity index (χ1) is 6.22. The van der Waals surface area contributed by atoms with Crippen LogP contribution in [-0.4, -0.2) is 7.11 Å². The third-order valence-electron chi connectivity index (χ3n) is 2.21. The summed E-state index contributed by atoms with van der Waals surface area (Å²) in [4.78, 5) is 0. The van der Waals surface area contributed by atoms with Gasteiger partial charge in [0, 0.05) is 5.39 Å². The van der Waals surface area contributed by atoms with E-state index in [2.05, 4.69) is 6.92 Å². The lowest BCUT2D eigenvalue weighted by atomic mass is 10.1. The molecule has 0 unspecified atom stereocenters. The fraction of sp³-hybridized carbons (Fsp3) is 0.273. The summed E-state index contributed by atoms with van der Waals surface area (Å²) in [5.41, 5.74) is 2.06. The molecule has 2 heteroatoms. The third-order valence-corrected chi connectivity index (χ3v) is 2.21. The summed E-state index contributed by atoms with van der Waals surface area (Å²) in [5.74, 6) is 1.72. The van der Waals surface area contributed by atoms with E-state index in [0.29, 0.717) is 0 Å². The average molecular weight is 176 g/mol. The lowest BCUT2D eigenvalue weighted by Gasteiger charge is -2.01. The van der Waals surface area contributed by atoms with Gasteiger partial charge in [0.25, 0.3) is 0 Å². The van der Waals surface area contributed by atoms with Crippen molar-refractivity contribution in [3.8, 4) is 5.75 Å². The molecule has 2 aromatic rings. The van der Waals surface area contributed by atoms with Gasteiger partial charge in [-0.1, -0.05) is 6.07 Å². The molecule has 1 aromatic heterocycles. The van der Waals surface area contributed by atoms with Gasteiger partial charge in [0.05, 0.1) is 7.11 Å². The molecule has 0 N–H and O–H groups in total. The maximum atomic E-state index is 5.55. The predicted molar refractivity (Wildman–Crippen MR) is 52.2 cm³/mol. The topological polar surface area (TPSA) is 22.4 Å². The molecule has 0 atom stereocenters. The molecule has 2 rings (SSSR count). The molecule has 13 heavy (non-hydrogen) atoms. The lowest BCUT2D eigenvalue weighted by Crippen LogP contribution is -1.83. The molecule has 0 saturated carbocycles. The number of aryl methyl sites for hydroxylation is 2. The quantitative estimate of drug-likeness (QED) is 0.666. The Morgan fingerprint density at radius 1 is 1.23 bits per heavy atom. The van der Waals surface area contributed by atoms with Crippen LogP contribution in [0, 0.1) is 13.8 Å². The molecule has 1 aromatic carbocycles. The molecule has 0 fully saturated rings. The second kappa shape index (κ2) is 2.80. The molecule has 0 aliphatic rings. The van der Waals surface area contributed by atoms with Gasteiger partial charge in [-0.2, -0.15) is 0 Å². The minimum Gasteiger partial charge on any atom is -0.493 e. The number of benzene rings is 1. The highest BCUT2D eigenvalue weighted by Crippen LogP contribution is 2.30. The highest BCUT2D eigenvalue weighted by Gasteiger charge is 2.08. The molecule has 0 bridgehead atoms. The van der Waals surface area contributed by atoms with Gasteiger partial charge in [-0.3, -0.25) is 0 Å². The van der Waals surface area contributed by atoms with E-state index < -0.39 is 0 Å². The molecule has 0 aliphatic carbocycles. The highest BCUT2D eigenvalue weighted by molar-refractivity contribution is 5.86. The van der Waals surface area contributed by atoms with Crippen LogP contribution in [0.5, 0.6) is 5.75 Å². The van der Waals surface area contributed by atoms with E-state index in [4.69, 9.17) is 9.15 Å². The van der Waals surface area contributed by atoms with E-state index in [9.17, 15) is 0 Å². The fourth-order valence-corrected chi connectivity index (χ4v) is 1.52. The predicted octanol–water partition coefficient (Wildman–Crippen LogP) is 3.06. The van der Waals surface area contributed by atoms with Crippen molar-refractivity contribution in [1.29, 1.82) is 0 Å². The van der Waals surface area contributed by atoms with Crippen molar-refractivity contribution in [1.82, 2.24) is 0 Å². The van der Waals surface area contributed by atoms with Crippen molar-refractivity contribution in [3.63, 3.8) is 0 Å². The molecule has 1 heterocycles. The van der Waals surface area contributed by atoms with Crippen LogP contribution in [-0.2, 0) is 0 Å². The summed E-state index contributed by atoms with van der Waals surface area (Å²) >= 11 is 0. The van der Waals surface area contributed by atoms with Crippen LogP contribution in [0.4, 0.5) is 0 Å². The zero-order chi connectivity index (χ0) is 9.42. The van der Waals surface area contributed by atoms with E-state index in [0.717, 1.165) is 22.5 Å². The van der Waals surface area contributed by atoms with E-state index in [1.807, 2.05) is 25.1 Å². The van der Waals surface area contributed by atoms with Crippen LogP contribution >= 0.6 is 0 Å². The number of fused-ring (bicyclic) bond motifs is 1. The minimum absolute atomic E-state index is 0.800. The monoisotopic (exact) mass is 176 g/mol. The van der Waals surface area contributed by atoms with Gasteiger partial charge in [-0.25, -0.2) is 0 Å². The Morgan fingerprint density at radius 3 is 2.69 bits per heavy atom. The van der Waals surface area contributed by atoms with Crippen LogP contribution in [0.1, 0.15) is 11.3 Å². The molecule has 0 saturated heterocycles. The molecule has 0 spiro atoms. The molecule has 0 amide bonds. The standard InChI is InChI=1S/C11H12O2/c1-7-4-5-10(12-3)11-9(7)6-8(2)13-11/h4-6H,1-3H3. The first kappa shape index (κ1) is 8.17. The summed E-state index contributed by atoms with van der Waals surface area (Å²) in [5, 5.41) is 1.14. The van der Waals surface area contributed by atoms with Crippen LogP contribution in [0.3, 0.4) is 0 Å². The van der Waals surface area contributed by atoms with Crippen molar-refractivity contribution >= 4 is 11.0 Å². The largest absolute Gasteiger partial charge is 0.493 e. The number of hydrogen-bond donors (Lipinski definition) is 0. The summed E-state index contributed by atoms with van der Waals surface area (Å²) in [6.07, 6.45) is 0. The van der Waals surface area contributed by atoms with E-state index in [1.165, 1.54) is 5.56 Å². The zero-order valence-corrected chi connectivity index (χ0v) is 8.05. The molecule has 0 radical (unpaired) electrons. The van der Waals surface area contributed by atoms with Gasteiger partial charge >= 0.3 is 0 Å². The van der Waals surface area contributed by atoms with Crippen molar-refractivity contribution in [2.75, 3.05) is 7.11 Å². The summed E-state index contributed by atoms with van der Waals surface area (Å²) < 4.78 is 10.7. The zero-order valence-electron chi connectivity index (χ0n) is 8.05. The normalized spacial score (nSPS) is 10.7. The average Bonchev–Trinajstić information content (AvgIpc) is 2.48.